The number of nitrogens with one attached hydrogen (secondary N) is 1. The SMILES string of the molecule is CN(C(=O)CCc1cccc(F)c1Cl)[C@H](COC(=O)Nc1noc(-c2ccccc2)n1)C[C@@H](O)CO. The maximum Gasteiger partial charge on any atom is 0.414 e. The van der Waals surface area contributed by atoms with E-state index in [1.165, 1.54) is 24.1 Å². The van der Waals surface area contributed by atoms with E-state index in [0.29, 0.717) is 11.1 Å². The second-order valence-electron chi connectivity index (χ2n) is 7.96. The van der Waals surface area contributed by atoms with Crippen LogP contribution >= 0.6 is 11.6 Å². The van der Waals surface area contributed by atoms with Gasteiger partial charge in [0, 0.05) is 19.0 Å². The van der Waals surface area contributed by atoms with Gasteiger partial charge in [-0.2, -0.15) is 4.98 Å². The Kier molecular flexibility index (Phi) is 9.74. The van der Waals surface area contributed by atoms with Crippen LogP contribution in [0.1, 0.15) is 18.4 Å². The maximum atomic E-state index is 13.6. The Labute approximate surface area is 211 Å². The molecule has 0 bridgehead atoms. The summed E-state index contributed by atoms with van der Waals surface area (Å²) in [5.74, 6) is -0.822. The molecule has 192 valence electrons. The molecule has 0 saturated heterocycles. The van der Waals surface area contributed by atoms with Crippen molar-refractivity contribution in [1.29, 1.82) is 0 Å². The number of ether oxygens (including phenoxy) is 1. The molecule has 36 heavy (non-hydrogen) atoms. The van der Waals surface area contributed by atoms with E-state index in [2.05, 4.69) is 15.5 Å². The van der Waals surface area contributed by atoms with Crippen molar-refractivity contribution in [3.63, 3.8) is 0 Å². The molecule has 0 aliphatic heterocycles. The van der Waals surface area contributed by atoms with Crippen molar-refractivity contribution < 1.29 is 33.5 Å². The number of nitrogens with zero attached hydrogens (tertiary/aromatic N) is 3. The van der Waals surface area contributed by atoms with E-state index in [9.17, 15) is 24.2 Å². The molecule has 1 heterocycles. The number of carbonyl (C=O) groups is 2. The number of hydrogen-bond acceptors (Lipinski definition) is 8. The quantitative estimate of drug-likeness (QED) is 0.350. The first-order chi connectivity index (χ1) is 17.3. The lowest BCUT2D eigenvalue weighted by Crippen LogP contribution is -2.43. The summed E-state index contributed by atoms with van der Waals surface area (Å²) in [4.78, 5) is 30.4. The predicted molar refractivity (Wildman–Crippen MR) is 129 cm³/mol. The van der Waals surface area contributed by atoms with Crippen molar-refractivity contribution in [2.24, 2.45) is 0 Å². The zero-order chi connectivity index (χ0) is 26.1. The number of rotatable bonds is 11. The van der Waals surface area contributed by atoms with Gasteiger partial charge < -0.3 is 24.4 Å². The van der Waals surface area contributed by atoms with Crippen LogP contribution < -0.4 is 5.32 Å². The van der Waals surface area contributed by atoms with Crippen LogP contribution in [0.15, 0.2) is 53.1 Å². The number of carbonyl (C=O) groups excluding carboxylic acids is 2. The summed E-state index contributed by atoms with van der Waals surface area (Å²) in [6.45, 7) is -0.815. The number of aliphatic hydroxyl groups excluding tert-OH is 2. The minimum absolute atomic E-state index is 0.00269. The van der Waals surface area contributed by atoms with Crippen molar-refractivity contribution >= 4 is 29.5 Å². The molecule has 0 saturated carbocycles. The minimum atomic E-state index is -1.14. The number of aliphatic hydroxyl groups is 2. The van der Waals surface area contributed by atoms with Crippen LogP contribution in [0.5, 0.6) is 0 Å². The van der Waals surface area contributed by atoms with Gasteiger partial charge in [-0.25, -0.2) is 9.18 Å². The second kappa shape index (κ2) is 13.0. The molecule has 1 aromatic heterocycles. The van der Waals surface area contributed by atoms with Crippen molar-refractivity contribution in [2.75, 3.05) is 25.6 Å². The standard InChI is InChI=1S/C24H26ClFN4O6/c1-30(20(33)11-10-15-8-5-9-19(26)21(15)25)17(12-18(32)13-31)14-35-24(34)28-23-27-22(36-29-23)16-6-3-2-4-7-16/h2-9,17-18,31-32H,10-14H2,1H3,(H,28,29,34)/t17-,18+/m0/s1. The molecule has 3 N–H and O–H groups in total. The third kappa shape index (κ3) is 7.48. The molecule has 0 unspecified atom stereocenters. The molecular formula is C24H26ClFN4O6. The van der Waals surface area contributed by atoms with Crippen LogP contribution in [-0.4, -0.2) is 69.7 Å². The van der Waals surface area contributed by atoms with Crippen LogP contribution in [0.25, 0.3) is 11.5 Å². The normalized spacial score (nSPS) is 12.6. The zero-order valence-corrected chi connectivity index (χ0v) is 20.2. The van der Waals surface area contributed by atoms with E-state index >= 15 is 0 Å². The Bertz CT molecular complexity index is 1160. The van der Waals surface area contributed by atoms with E-state index < -0.39 is 30.7 Å². The topological polar surface area (TPSA) is 138 Å². The van der Waals surface area contributed by atoms with Gasteiger partial charge in [0.25, 0.3) is 11.8 Å². The predicted octanol–water partition coefficient (Wildman–Crippen LogP) is 3.28. The van der Waals surface area contributed by atoms with E-state index in [0.717, 1.165) is 0 Å². The highest BCUT2D eigenvalue weighted by Gasteiger charge is 2.25. The third-order valence-electron chi connectivity index (χ3n) is 5.40. The van der Waals surface area contributed by atoms with Gasteiger partial charge in [-0.15, -0.1) is 0 Å². The van der Waals surface area contributed by atoms with Gasteiger partial charge >= 0.3 is 6.09 Å². The van der Waals surface area contributed by atoms with Crippen molar-refractivity contribution in [3.05, 3.63) is 64.9 Å². The van der Waals surface area contributed by atoms with Crippen molar-refractivity contribution in [1.82, 2.24) is 15.0 Å². The smallest absolute Gasteiger partial charge is 0.414 e. The first kappa shape index (κ1) is 27.1. The van der Waals surface area contributed by atoms with Crippen LogP contribution in [0, 0.1) is 5.82 Å². The van der Waals surface area contributed by atoms with E-state index in [-0.39, 0.29) is 48.6 Å². The van der Waals surface area contributed by atoms with Gasteiger partial charge in [-0.1, -0.05) is 41.9 Å². The highest BCUT2D eigenvalue weighted by Crippen LogP contribution is 2.22. The molecule has 0 spiro atoms. The lowest BCUT2D eigenvalue weighted by Gasteiger charge is -2.29. The number of anilines is 1. The number of aromatic nitrogens is 2. The van der Waals surface area contributed by atoms with Gasteiger partial charge in [0.15, 0.2) is 0 Å². The summed E-state index contributed by atoms with van der Waals surface area (Å²) < 4.78 is 24.0. The molecule has 0 aliphatic carbocycles. The maximum absolute atomic E-state index is 13.6. The zero-order valence-electron chi connectivity index (χ0n) is 19.4. The lowest BCUT2D eigenvalue weighted by atomic mass is 10.1. The van der Waals surface area contributed by atoms with Crippen LogP contribution in [0.3, 0.4) is 0 Å². The summed E-state index contributed by atoms with van der Waals surface area (Å²) in [6.07, 6.45) is -1.89. The monoisotopic (exact) mass is 520 g/mol. The molecule has 0 fully saturated rings. The summed E-state index contributed by atoms with van der Waals surface area (Å²) in [5.41, 5.74) is 1.15. The molecular weight excluding hydrogens is 495 g/mol. The molecule has 2 aromatic carbocycles. The molecule has 2 amide bonds. The molecule has 0 radical (unpaired) electrons. The number of likely N-dealkylation sites (N-methyl/N-ethyl adjacent to an activating group) is 1. The first-order valence-electron chi connectivity index (χ1n) is 11.1. The minimum Gasteiger partial charge on any atom is -0.447 e. The van der Waals surface area contributed by atoms with Crippen molar-refractivity contribution in [3.8, 4) is 11.5 Å². The average molecular weight is 521 g/mol. The fraction of sp³-hybridized carbons (Fsp3) is 0.333. The average Bonchev–Trinajstić information content (AvgIpc) is 3.35. The van der Waals surface area contributed by atoms with Gasteiger partial charge in [-0.05, 0) is 41.8 Å². The number of aryl methyl sites for hydroxylation is 1. The highest BCUT2D eigenvalue weighted by atomic mass is 35.5. The van der Waals surface area contributed by atoms with E-state index in [1.54, 1.807) is 30.3 Å². The Morgan fingerprint density at radius 3 is 2.69 bits per heavy atom. The largest absolute Gasteiger partial charge is 0.447 e. The molecule has 3 aromatic rings. The molecule has 3 rings (SSSR count). The highest BCUT2D eigenvalue weighted by molar-refractivity contribution is 6.31. The lowest BCUT2D eigenvalue weighted by molar-refractivity contribution is -0.133. The van der Waals surface area contributed by atoms with Gasteiger partial charge in [0.1, 0.15) is 12.4 Å². The number of amides is 2. The van der Waals surface area contributed by atoms with Gasteiger partial charge in [-0.3, -0.25) is 10.1 Å². The number of hydrogen-bond donors (Lipinski definition) is 3. The van der Waals surface area contributed by atoms with Crippen LogP contribution in [0.2, 0.25) is 5.02 Å². The van der Waals surface area contributed by atoms with E-state index in [1.807, 2.05) is 6.07 Å². The molecule has 10 nitrogen and oxygen atoms in total. The molecule has 2 atom stereocenters. The van der Waals surface area contributed by atoms with Gasteiger partial charge in [0.2, 0.25) is 5.91 Å². The van der Waals surface area contributed by atoms with Crippen LogP contribution in [0.4, 0.5) is 15.1 Å². The fourth-order valence-electron chi connectivity index (χ4n) is 3.36. The Morgan fingerprint density at radius 2 is 1.97 bits per heavy atom. The van der Waals surface area contributed by atoms with Gasteiger partial charge in [0.05, 0.1) is 23.8 Å². The molecule has 0 aliphatic rings. The third-order valence-corrected chi connectivity index (χ3v) is 5.83. The summed E-state index contributed by atoms with van der Waals surface area (Å²) >= 11 is 5.95. The fourth-order valence-corrected chi connectivity index (χ4v) is 3.58. The summed E-state index contributed by atoms with van der Waals surface area (Å²) in [7, 11) is 1.48. The second-order valence-corrected chi connectivity index (χ2v) is 8.33. The summed E-state index contributed by atoms with van der Waals surface area (Å²) in [6, 6.07) is 12.6. The Hall–Kier alpha value is -3.54. The Morgan fingerprint density at radius 1 is 1.22 bits per heavy atom. The summed E-state index contributed by atoms with van der Waals surface area (Å²) in [5, 5.41) is 25.1. The number of benzene rings is 2. The number of halogens is 2. The van der Waals surface area contributed by atoms with Crippen molar-refractivity contribution in [2.45, 2.75) is 31.4 Å². The molecule has 12 heteroatoms. The Balaban J connectivity index is 1.57. The van der Waals surface area contributed by atoms with E-state index in [4.69, 9.17) is 20.9 Å². The van der Waals surface area contributed by atoms with Crippen LogP contribution in [-0.2, 0) is 16.0 Å². The first-order valence-corrected chi connectivity index (χ1v) is 11.5.